The second-order valence-corrected chi connectivity index (χ2v) is 6.65. The van der Waals surface area contributed by atoms with Crippen LogP contribution >= 0.6 is 0 Å². The molecule has 30 heavy (non-hydrogen) atoms. The van der Waals surface area contributed by atoms with E-state index in [-0.39, 0.29) is 11.5 Å². The minimum atomic E-state index is -0.303. The number of anilines is 1. The number of rotatable bonds is 4. The van der Waals surface area contributed by atoms with Crippen molar-refractivity contribution in [2.24, 2.45) is 0 Å². The molecule has 3 aromatic carbocycles. The average Bonchev–Trinajstić information content (AvgIpc) is 2.79. The third kappa shape index (κ3) is 3.89. The van der Waals surface area contributed by atoms with Crippen molar-refractivity contribution in [1.29, 1.82) is 5.26 Å². The van der Waals surface area contributed by atoms with Crippen molar-refractivity contribution in [2.75, 3.05) is 5.32 Å². The monoisotopic (exact) mass is 391 g/mol. The maximum Gasteiger partial charge on any atom is 0.255 e. The van der Waals surface area contributed by atoms with Crippen molar-refractivity contribution in [2.45, 2.75) is 0 Å². The van der Waals surface area contributed by atoms with Crippen LogP contribution in [0.5, 0.6) is 0 Å². The van der Waals surface area contributed by atoms with E-state index in [0.717, 1.165) is 0 Å². The Morgan fingerprint density at radius 2 is 1.60 bits per heavy atom. The smallest absolute Gasteiger partial charge is 0.255 e. The molecule has 0 unspecified atom stereocenters. The topological polar surface area (TPSA) is 74.9 Å². The van der Waals surface area contributed by atoms with Gasteiger partial charge in [-0.15, -0.1) is 0 Å². The number of carbonyl (C=O) groups is 1. The molecule has 0 aliphatic rings. The van der Waals surface area contributed by atoms with Gasteiger partial charge in [0.05, 0.1) is 11.6 Å². The Bertz CT molecular complexity index is 1320. The van der Waals surface area contributed by atoms with Crippen molar-refractivity contribution in [3.05, 3.63) is 119 Å². The first kappa shape index (κ1) is 18.9. The van der Waals surface area contributed by atoms with Gasteiger partial charge in [-0.25, -0.2) is 0 Å². The third-order valence-corrected chi connectivity index (χ3v) is 4.67. The molecule has 0 spiro atoms. The van der Waals surface area contributed by atoms with Gasteiger partial charge < -0.3 is 5.32 Å². The van der Waals surface area contributed by atoms with Crippen LogP contribution in [0.3, 0.4) is 0 Å². The number of carbonyl (C=O) groups excluding carboxylic acids is 1. The lowest BCUT2D eigenvalue weighted by Crippen LogP contribution is -2.17. The van der Waals surface area contributed by atoms with Gasteiger partial charge in [0, 0.05) is 29.2 Å². The molecular weight excluding hydrogens is 374 g/mol. The Hall–Kier alpha value is -4.43. The standard InChI is InChI=1S/C25H17N3O2/c26-17-18-8-4-5-11-23(18)19-14-20(25(30)27-21-9-2-1-3-10-21)16-22(15-19)28-13-7-6-12-24(28)29/h1-16H,(H,27,30). The molecule has 0 aliphatic heterocycles. The quantitative estimate of drug-likeness (QED) is 0.551. The van der Waals surface area contributed by atoms with E-state index >= 15 is 0 Å². The number of amides is 1. The molecule has 1 aromatic heterocycles. The summed E-state index contributed by atoms with van der Waals surface area (Å²) in [6, 6.07) is 28.6. The summed E-state index contributed by atoms with van der Waals surface area (Å²) < 4.78 is 1.47. The van der Waals surface area contributed by atoms with Crippen molar-refractivity contribution < 1.29 is 4.79 Å². The molecule has 5 heteroatoms. The van der Waals surface area contributed by atoms with Gasteiger partial charge in [-0.1, -0.05) is 42.5 Å². The van der Waals surface area contributed by atoms with Crippen molar-refractivity contribution in [3.8, 4) is 22.9 Å². The summed E-state index contributed by atoms with van der Waals surface area (Å²) in [5.41, 5.74) is 3.25. The Labute approximate surface area is 173 Å². The fourth-order valence-electron chi connectivity index (χ4n) is 3.23. The van der Waals surface area contributed by atoms with E-state index in [2.05, 4.69) is 11.4 Å². The first-order chi connectivity index (χ1) is 14.7. The Balaban J connectivity index is 1.87. The second kappa shape index (κ2) is 8.29. The fraction of sp³-hybridized carbons (Fsp3) is 0. The molecule has 0 radical (unpaired) electrons. The van der Waals surface area contributed by atoms with E-state index in [1.54, 1.807) is 60.8 Å². The van der Waals surface area contributed by atoms with E-state index in [4.69, 9.17) is 0 Å². The largest absolute Gasteiger partial charge is 0.322 e. The van der Waals surface area contributed by atoms with E-state index in [9.17, 15) is 14.9 Å². The molecular formula is C25H17N3O2. The molecule has 0 bridgehead atoms. The van der Waals surface area contributed by atoms with Gasteiger partial charge in [0.25, 0.3) is 11.5 Å². The summed E-state index contributed by atoms with van der Waals surface area (Å²) in [4.78, 5) is 25.3. The van der Waals surface area contributed by atoms with Crippen LogP contribution in [0.2, 0.25) is 0 Å². The van der Waals surface area contributed by atoms with Crippen LogP contribution in [-0.2, 0) is 0 Å². The molecule has 1 amide bonds. The predicted octanol–water partition coefficient (Wildman–Crippen LogP) is 4.63. The highest BCUT2D eigenvalue weighted by atomic mass is 16.1. The number of hydrogen-bond donors (Lipinski definition) is 1. The summed E-state index contributed by atoms with van der Waals surface area (Å²) in [5, 5.41) is 12.4. The van der Waals surface area contributed by atoms with Gasteiger partial charge in [-0.05, 0) is 53.6 Å². The Morgan fingerprint density at radius 1 is 0.867 bits per heavy atom. The van der Waals surface area contributed by atoms with E-state index < -0.39 is 0 Å². The summed E-state index contributed by atoms with van der Waals surface area (Å²) in [6.45, 7) is 0. The maximum absolute atomic E-state index is 13.0. The molecule has 4 aromatic rings. The van der Waals surface area contributed by atoms with Crippen LogP contribution in [-0.4, -0.2) is 10.5 Å². The number of para-hydroxylation sites is 1. The van der Waals surface area contributed by atoms with Crippen molar-refractivity contribution in [3.63, 3.8) is 0 Å². The van der Waals surface area contributed by atoms with E-state index in [1.807, 2.05) is 30.3 Å². The molecule has 5 nitrogen and oxygen atoms in total. The zero-order valence-electron chi connectivity index (χ0n) is 15.9. The second-order valence-electron chi connectivity index (χ2n) is 6.65. The first-order valence-corrected chi connectivity index (χ1v) is 9.35. The van der Waals surface area contributed by atoms with Gasteiger partial charge >= 0.3 is 0 Å². The first-order valence-electron chi connectivity index (χ1n) is 9.35. The number of nitriles is 1. The molecule has 0 fully saturated rings. The molecule has 0 atom stereocenters. The van der Waals surface area contributed by atoms with Crippen LogP contribution in [0, 0.1) is 11.3 Å². The van der Waals surface area contributed by atoms with Crippen LogP contribution in [0.4, 0.5) is 5.69 Å². The van der Waals surface area contributed by atoms with E-state index in [1.165, 1.54) is 10.6 Å². The van der Waals surface area contributed by atoms with Crippen LogP contribution in [0.15, 0.2) is 102 Å². The number of hydrogen-bond acceptors (Lipinski definition) is 3. The van der Waals surface area contributed by atoms with Gasteiger partial charge in [0.1, 0.15) is 0 Å². The third-order valence-electron chi connectivity index (χ3n) is 4.67. The van der Waals surface area contributed by atoms with Gasteiger partial charge in [-0.2, -0.15) is 5.26 Å². The van der Waals surface area contributed by atoms with Crippen LogP contribution in [0.1, 0.15) is 15.9 Å². The normalized spacial score (nSPS) is 10.2. The Morgan fingerprint density at radius 3 is 2.37 bits per heavy atom. The number of nitrogens with zero attached hydrogens (tertiary/aromatic N) is 2. The lowest BCUT2D eigenvalue weighted by atomic mass is 9.97. The Kier molecular flexibility index (Phi) is 5.23. The van der Waals surface area contributed by atoms with Gasteiger partial charge in [-0.3, -0.25) is 14.2 Å². The zero-order valence-corrected chi connectivity index (χ0v) is 15.9. The van der Waals surface area contributed by atoms with Crippen molar-refractivity contribution >= 4 is 11.6 Å². The summed E-state index contributed by atoms with van der Waals surface area (Å²) in [7, 11) is 0. The molecule has 4 rings (SSSR count). The lowest BCUT2D eigenvalue weighted by molar-refractivity contribution is 0.102. The van der Waals surface area contributed by atoms with Crippen LogP contribution < -0.4 is 10.9 Å². The molecule has 144 valence electrons. The minimum Gasteiger partial charge on any atom is -0.322 e. The molecule has 1 heterocycles. The number of pyridine rings is 1. The number of nitrogens with one attached hydrogen (secondary N) is 1. The lowest BCUT2D eigenvalue weighted by Gasteiger charge is -2.13. The average molecular weight is 391 g/mol. The maximum atomic E-state index is 13.0. The van der Waals surface area contributed by atoms with Gasteiger partial charge in [0.2, 0.25) is 0 Å². The summed E-state index contributed by atoms with van der Waals surface area (Å²) >= 11 is 0. The molecule has 0 saturated carbocycles. The minimum absolute atomic E-state index is 0.211. The highest BCUT2D eigenvalue weighted by Crippen LogP contribution is 2.27. The highest BCUT2D eigenvalue weighted by molar-refractivity contribution is 6.05. The van der Waals surface area contributed by atoms with Gasteiger partial charge in [0.15, 0.2) is 0 Å². The summed E-state index contributed by atoms with van der Waals surface area (Å²) in [5.74, 6) is -0.303. The SMILES string of the molecule is N#Cc1ccccc1-c1cc(C(=O)Nc2ccccc2)cc(-n2ccccc2=O)c1. The zero-order chi connectivity index (χ0) is 20.9. The highest BCUT2D eigenvalue weighted by Gasteiger charge is 2.13. The van der Waals surface area contributed by atoms with E-state index in [0.29, 0.717) is 33.6 Å². The fourth-order valence-corrected chi connectivity index (χ4v) is 3.23. The number of benzene rings is 3. The predicted molar refractivity (Wildman–Crippen MR) is 117 cm³/mol. The molecule has 0 aliphatic carbocycles. The number of aromatic nitrogens is 1. The van der Waals surface area contributed by atoms with Crippen LogP contribution in [0.25, 0.3) is 16.8 Å². The summed E-state index contributed by atoms with van der Waals surface area (Å²) in [6.07, 6.45) is 1.65. The molecule has 0 saturated heterocycles. The van der Waals surface area contributed by atoms with Crippen molar-refractivity contribution in [1.82, 2.24) is 4.57 Å². The molecule has 1 N–H and O–H groups in total.